The van der Waals surface area contributed by atoms with Crippen LogP contribution in [0.3, 0.4) is 0 Å². The molecule has 1 aromatic carbocycles. The average molecular weight is 287 g/mol. The summed E-state index contributed by atoms with van der Waals surface area (Å²) in [6.45, 7) is 7.02. The fourth-order valence-electron chi connectivity index (χ4n) is 3.55. The minimum Gasteiger partial charge on any atom is -0.493 e. The molecule has 3 nitrogen and oxygen atoms in total. The maximum Gasteiger partial charge on any atom is 0.153 e. The lowest BCUT2D eigenvalue weighted by Crippen LogP contribution is -2.49. The molecule has 2 aliphatic heterocycles. The largest absolute Gasteiger partial charge is 0.493 e. The summed E-state index contributed by atoms with van der Waals surface area (Å²) in [5, 5.41) is 0. The van der Waals surface area contributed by atoms with Crippen molar-refractivity contribution in [2.45, 2.75) is 51.0 Å². The molecule has 0 bridgehead atoms. The molecule has 21 heavy (non-hydrogen) atoms. The summed E-state index contributed by atoms with van der Waals surface area (Å²) in [6.07, 6.45) is 4.01. The summed E-state index contributed by atoms with van der Waals surface area (Å²) in [5.41, 5.74) is 0.873. The van der Waals surface area contributed by atoms with E-state index in [1.54, 1.807) is 0 Å². The predicted molar refractivity (Wildman–Crippen MR) is 83.8 cm³/mol. The number of hydrogen-bond donors (Lipinski definition) is 0. The molecular weight excluding hydrogens is 262 g/mol. The van der Waals surface area contributed by atoms with Crippen LogP contribution in [0.4, 0.5) is 0 Å². The quantitative estimate of drug-likeness (QED) is 0.850. The summed E-state index contributed by atoms with van der Waals surface area (Å²) < 4.78 is 5.70. The highest BCUT2D eigenvalue weighted by atomic mass is 16.5. The van der Waals surface area contributed by atoms with E-state index in [0.717, 1.165) is 31.9 Å². The summed E-state index contributed by atoms with van der Waals surface area (Å²) in [5.74, 6) is 1.64. The van der Waals surface area contributed by atoms with Crippen LogP contribution in [0, 0.1) is 0 Å². The average Bonchev–Trinajstić information content (AvgIpc) is 3.02. The molecule has 0 radical (unpaired) electrons. The predicted octanol–water partition coefficient (Wildman–Crippen LogP) is 3.39. The summed E-state index contributed by atoms with van der Waals surface area (Å²) in [6, 6.07) is 8.15. The normalized spacial score (nSPS) is 22.7. The molecule has 0 N–H and O–H groups in total. The molecule has 1 unspecified atom stereocenters. The van der Waals surface area contributed by atoms with Crippen molar-refractivity contribution in [1.82, 2.24) is 4.90 Å². The van der Waals surface area contributed by atoms with Crippen LogP contribution < -0.4 is 4.74 Å². The van der Waals surface area contributed by atoms with E-state index in [1.165, 1.54) is 18.4 Å². The van der Waals surface area contributed by atoms with Gasteiger partial charge in [0, 0.05) is 6.42 Å². The van der Waals surface area contributed by atoms with Crippen molar-refractivity contribution < 1.29 is 9.53 Å². The number of ether oxygens (including phenoxy) is 1. The first-order valence-electron chi connectivity index (χ1n) is 8.09. The lowest BCUT2D eigenvalue weighted by atomic mass is 9.83. The number of para-hydroxylation sites is 1. The van der Waals surface area contributed by atoms with Crippen LogP contribution in [0.1, 0.15) is 51.0 Å². The number of carbonyl (C=O) groups excluding carboxylic acids is 1. The van der Waals surface area contributed by atoms with Crippen molar-refractivity contribution in [2.24, 2.45) is 0 Å². The van der Waals surface area contributed by atoms with Gasteiger partial charge >= 0.3 is 0 Å². The molecule has 1 fully saturated rings. The molecule has 0 saturated carbocycles. The highest BCUT2D eigenvalue weighted by Gasteiger charge is 2.37. The smallest absolute Gasteiger partial charge is 0.153 e. The second-order valence-corrected chi connectivity index (χ2v) is 6.75. The van der Waals surface area contributed by atoms with Crippen LogP contribution in [0.15, 0.2) is 24.3 Å². The first-order chi connectivity index (χ1) is 10.1. The zero-order chi connectivity index (χ0) is 14.9. The lowest BCUT2D eigenvalue weighted by molar-refractivity contribution is -0.129. The SMILES string of the molecule is CC(C)(C(=O)CC1CCOc2ccccc21)N1CCCC1. The van der Waals surface area contributed by atoms with Crippen LogP contribution in [0.2, 0.25) is 0 Å². The van der Waals surface area contributed by atoms with Crippen LogP contribution in [-0.2, 0) is 4.79 Å². The number of carbonyl (C=O) groups is 1. The number of ketones is 1. The number of Topliss-reactive ketones (excluding diaryl/α,β-unsaturated/α-hetero) is 1. The van der Waals surface area contributed by atoms with Crippen molar-refractivity contribution >= 4 is 5.78 Å². The van der Waals surface area contributed by atoms with E-state index < -0.39 is 0 Å². The van der Waals surface area contributed by atoms with Gasteiger partial charge in [0.2, 0.25) is 0 Å². The number of nitrogens with zero attached hydrogens (tertiary/aromatic N) is 1. The fraction of sp³-hybridized carbons (Fsp3) is 0.611. The third kappa shape index (κ3) is 2.84. The Bertz CT molecular complexity index is 518. The number of fused-ring (bicyclic) bond motifs is 1. The van der Waals surface area contributed by atoms with Gasteiger partial charge in [-0.25, -0.2) is 0 Å². The monoisotopic (exact) mass is 287 g/mol. The van der Waals surface area contributed by atoms with Gasteiger partial charge in [-0.1, -0.05) is 18.2 Å². The Morgan fingerprint density at radius 1 is 1.29 bits per heavy atom. The van der Waals surface area contributed by atoms with E-state index >= 15 is 0 Å². The van der Waals surface area contributed by atoms with Gasteiger partial charge in [0.25, 0.3) is 0 Å². The maximum atomic E-state index is 12.8. The number of rotatable bonds is 4. The molecule has 0 aliphatic carbocycles. The highest BCUT2D eigenvalue weighted by Crippen LogP contribution is 2.37. The Morgan fingerprint density at radius 3 is 2.76 bits per heavy atom. The molecule has 3 heteroatoms. The van der Waals surface area contributed by atoms with Gasteiger partial charge in [-0.05, 0) is 63.7 Å². The van der Waals surface area contributed by atoms with Gasteiger partial charge in [0.15, 0.2) is 5.78 Å². The first-order valence-corrected chi connectivity index (χ1v) is 8.09. The molecule has 0 aromatic heterocycles. The fourth-order valence-corrected chi connectivity index (χ4v) is 3.55. The number of benzene rings is 1. The molecule has 2 heterocycles. The number of hydrogen-bond acceptors (Lipinski definition) is 3. The van der Waals surface area contributed by atoms with E-state index in [-0.39, 0.29) is 5.54 Å². The van der Waals surface area contributed by atoms with E-state index in [9.17, 15) is 4.79 Å². The molecule has 0 amide bonds. The molecule has 1 atom stereocenters. The zero-order valence-corrected chi connectivity index (χ0v) is 13.1. The van der Waals surface area contributed by atoms with E-state index in [4.69, 9.17) is 4.74 Å². The Labute approximate surface area is 127 Å². The van der Waals surface area contributed by atoms with Crippen molar-refractivity contribution in [2.75, 3.05) is 19.7 Å². The van der Waals surface area contributed by atoms with Gasteiger partial charge in [-0.3, -0.25) is 9.69 Å². The van der Waals surface area contributed by atoms with E-state index in [0.29, 0.717) is 18.1 Å². The zero-order valence-electron chi connectivity index (χ0n) is 13.1. The third-order valence-electron chi connectivity index (χ3n) is 5.09. The molecule has 114 valence electrons. The van der Waals surface area contributed by atoms with Crippen molar-refractivity contribution in [3.63, 3.8) is 0 Å². The maximum absolute atomic E-state index is 12.8. The third-order valence-corrected chi connectivity index (χ3v) is 5.09. The molecule has 0 spiro atoms. The topological polar surface area (TPSA) is 29.5 Å². The minimum absolute atomic E-state index is 0.310. The lowest BCUT2D eigenvalue weighted by Gasteiger charge is -2.35. The van der Waals surface area contributed by atoms with Crippen LogP contribution >= 0.6 is 0 Å². The van der Waals surface area contributed by atoms with E-state index in [1.807, 2.05) is 18.2 Å². The molecule has 2 aliphatic rings. The summed E-state index contributed by atoms with van der Waals surface area (Å²) in [7, 11) is 0. The first kappa shape index (κ1) is 14.6. The van der Waals surface area contributed by atoms with Crippen molar-refractivity contribution in [3.8, 4) is 5.75 Å². The highest BCUT2D eigenvalue weighted by molar-refractivity contribution is 5.88. The van der Waals surface area contributed by atoms with Crippen LogP contribution in [0.25, 0.3) is 0 Å². The molecule has 3 rings (SSSR count). The van der Waals surface area contributed by atoms with Gasteiger partial charge in [0.1, 0.15) is 5.75 Å². The van der Waals surface area contributed by atoms with Crippen LogP contribution in [-0.4, -0.2) is 35.9 Å². The number of likely N-dealkylation sites (tertiary alicyclic amines) is 1. The molecular formula is C18H25NO2. The van der Waals surface area contributed by atoms with Gasteiger partial charge in [0.05, 0.1) is 12.1 Å². The van der Waals surface area contributed by atoms with Crippen molar-refractivity contribution in [1.29, 1.82) is 0 Å². The standard InChI is InChI=1S/C18H25NO2/c1-18(2,19-10-5-6-11-19)17(20)13-14-9-12-21-16-8-4-3-7-15(14)16/h3-4,7-8,14H,5-6,9-13H2,1-2H3. The van der Waals surface area contributed by atoms with Crippen LogP contribution in [0.5, 0.6) is 5.75 Å². The summed E-state index contributed by atoms with van der Waals surface area (Å²) in [4.78, 5) is 15.2. The minimum atomic E-state index is -0.330. The Hall–Kier alpha value is -1.35. The Kier molecular flexibility index (Phi) is 4.03. The van der Waals surface area contributed by atoms with Gasteiger partial charge in [-0.15, -0.1) is 0 Å². The molecule has 1 saturated heterocycles. The van der Waals surface area contributed by atoms with Gasteiger partial charge < -0.3 is 4.74 Å². The molecule has 1 aromatic rings. The van der Waals surface area contributed by atoms with Gasteiger partial charge in [-0.2, -0.15) is 0 Å². The second-order valence-electron chi connectivity index (χ2n) is 6.75. The Morgan fingerprint density at radius 2 is 2.00 bits per heavy atom. The van der Waals surface area contributed by atoms with Crippen molar-refractivity contribution in [3.05, 3.63) is 29.8 Å². The Balaban J connectivity index is 1.73. The second kappa shape index (κ2) is 5.80. The summed E-state index contributed by atoms with van der Waals surface area (Å²) >= 11 is 0. The van der Waals surface area contributed by atoms with E-state index in [2.05, 4.69) is 24.8 Å².